The highest BCUT2D eigenvalue weighted by atomic mass is 35.5. The van der Waals surface area contributed by atoms with Gasteiger partial charge >= 0.3 is 0 Å². The Hall–Kier alpha value is -2.44. The topological polar surface area (TPSA) is 78.4 Å². The molecule has 1 heterocycles. The zero-order valence-corrected chi connectivity index (χ0v) is 16.2. The van der Waals surface area contributed by atoms with Gasteiger partial charge in [0.1, 0.15) is 11.9 Å². The molecule has 0 unspecified atom stereocenters. The van der Waals surface area contributed by atoms with Gasteiger partial charge in [-0.15, -0.1) is 0 Å². The van der Waals surface area contributed by atoms with Crippen LogP contribution in [0.5, 0.6) is 0 Å². The van der Waals surface area contributed by atoms with E-state index in [1.165, 1.54) is 18.2 Å². The molecule has 7 heteroatoms. The highest BCUT2D eigenvalue weighted by molar-refractivity contribution is 6.31. The third-order valence-electron chi connectivity index (χ3n) is 4.99. The summed E-state index contributed by atoms with van der Waals surface area (Å²) in [5.41, 5.74) is 1.82. The second kappa shape index (κ2) is 8.71. The van der Waals surface area contributed by atoms with Crippen LogP contribution in [0.15, 0.2) is 42.5 Å². The third kappa shape index (κ3) is 4.51. The average Bonchev–Trinajstić information content (AvgIpc) is 2.66. The smallest absolute Gasteiger partial charge is 0.227 e. The minimum Gasteiger partial charge on any atom is -0.386 e. The van der Waals surface area contributed by atoms with Crippen molar-refractivity contribution < 1.29 is 19.1 Å². The van der Waals surface area contributed by atoms with E-state index in [2.05, 4.69) is 10.6 Å². The number of aliphatic hydroxyl groups excluding tert-OH is 1. The zero-order valence-electron chi connectivity index (χ0n) is 15.4. The molecule has 2 aromatic rings. The molecule has 0 saturated carbocycles. The fourth-order valence-corrected chi connectivity index (χ4v) is 3.67. The largest absolute Gasteiger partial charge is 0.386 e. The molecule has 2 amide bonds. The second-order valence-electron chi connectivity index (χ2n) is 7.02. The minimum absolute atomic E-state index is 0.0415. The Morgan fingerprint density at radius 1 is 1.32 bits per heavy atom. The molecule has 1 aliphatic heterocycles. The molecule has 0 saturated heterocycles. The maximum atomic E-state index is 14.0. The lowest BCUT2D eigenvalue weighted by Gasteiger charge is -2.25. The molecular formula is C21H22ClFN2O3. The van der Waals surface area contributed by atoms with Gasteiger partial charge in [0.15, 0.2) is 0 Å². The number of fused-ring (bicyclic) bond motifs is 1. The van der Waals surface area contributed by atoms with E-state index >= 15 is 0 Å². The van der Waals surface area contributed by atoms with E-state index in [9.17, 15) is 19.1 Å². The van der Waals surface area contributed by atoms with Crippen LogP contribution in [-0.2, 0) is 16.0 Å². The zero-order chi connectivity index (χ0) is 20.3. The van der Waals surface area contributed by atoms with Gasteiger partial charge < -0.3 is 15.7 Å². The summed E-state index contributed by atoms with van der Waals surface area (Å²) in [6, 6.07) is 11.0. The first-order valence-corrected chi connectivity index (χ1v) is 9.54. The first-order chi connectivity index (χ1) is 13.4. The maximum absolute atomic E-state index is 14.0. The van der Waals surface area contributed by atoms with Crippen molar-refractivity contribution in [2.45, 2.75) is 38.3 Å². The van der Waals surface area contributed by atoms with Crippen LogP contribution >= 0.6 is 11.6 Å². The molecule has 5 nitrogen and oxygen atoms in total. The lowest BCUT2D eigenvalue weighted by molar-refractivity contribution is -0.123. The molecule has 3 N–H and O–H groups in total. The van der Waals surface area contributed by atoms with Gasteiger partial charge in [0.2, 0.25) is 11.8 Å². The van der Waals surface area contributed by atoms with Crippen LogP contribution in [0.25, 0.3) is 0 Å². The van der Waals surface area contributed by atoms with Crippen molar-refractivity contribution in [1.82, 2.24) is 5.32 Å². The summed E-state index contributed by atoms with van der Waals surface area (Å²) in [7, 11) is 0. The van der Waals surface area contributed by atoms with Gasteiger partial charge in [0.05, 0.1) is 6.04 Å². The molecule has 3 rings (SSSR count). The normalized spacial score (nSPS) is 18.0. The van der Waals surface area contributed by atoms with Crippen LogP contribution in [0.4, 0.5) is 10.1 Å². The van der Waals surface area contributed by atoms with Crippen LogP contribution in [-0.4, -0.2) is 23.0 Å². The number of anilines is 1. The van der Waals surface area contributed by atoms with Gasteiger partial charge in [0.25, 0.3) is 0 Å². The fraction of sp³-hybridized carbons (Fsp3) is 0.333. The van der Waals surface area contributed by atoms with E-state index in [4.69, 9.17) is 11.6 Å². The van der Waals surface area contributed by atoms with Crippen LogP contribution in [0.2, 0.25) is 5.02 Å². The Bertz CT molecular complexity index is 869. The number of rotatable bonds is 6. The summed E-state index contributed by atoms with van der Waals surface area (Å²) in [6.45, 7) is 1.58. The van der Waals surface area contributed by atoms with E-state index in [0.29, 0.717) is 12.8 Å². The van der Waals surface area contributed by atoms with Crippen molar-refractivity contribution in [2.24, 2.45) is 5.92 Å². The van der Waals surface area contributed by atoms with E-state index in [-0.39, 0.29) is 34.7 Å². The van der Waals surface area contributed by atoms with Gasteiger partial charge in [-0.1, -0.05) is 35.9 Å². The molecular weight excluding hydrogens is 383 g/mol. The predicted octanol–water partition coefficient (Wildman–Crippen LogP) is 3.61. The van der Waals surface area contributed by atoms with Crippen molar-refractivity contribution in [3.05, 3.63) is 64.4 Å². The van der Waals surface area contributed by atoms with Crippen molar-refractivity contribution in [3.8, 4) is 0 Å². The minimum atomic E-state index is -1.28. The number of hydrogen-bond donors (Lipinski definition) is 3. The molecule has 1 aliphatic rings. The van der Waals surface area contributed by atoms with Crippen LogP contribution in [0, 0.1) is 11.7 Å². The van der Waals surface area contributed by atoms with E-state index < -0.39 is 18.0 Å². The molecule has 0 bridgehead atoms. The van der Waals surface area contributed by atoms with Gasteiger partial charge in [-0.25, -0.2) is 4.39 Å². The van der Waals surface area contributed by atoms with Gasteiger partial charge in [0, 0.05) is 28.6 Å². The number of halogens is 2. The van der Waals surface area contributed by atoms with Crippen LogP contribution < -0.4 is 10.6 Å². The lowest BCUT2D eigenvalue weighted by atomic mass is 9.89. The predicted molar refractivity (Wildman–Crippen MR) is 105 cm³/mol. The average molecular weight is 405 g/mol. The Morgan fingerprint density at radius 3 is 2.82 bits per heavy atom. The molecule has 0 spiro atoms. The quantitative estimate of drug-likeness (QED) is 0.688. The Kier molecular flexibility index (Phi) is 6.31. The third-order valence-corrected chi connectivity index (χ3v) is 5.32. The summed E-state index contributed by atoms with van der Waals surface area (Å²) in [5.74, 6) is -1.33. The number of nitrogens with one attached hydrogen (secondary N) is 2. The van der Waals surface area contributed by atoms with Crippen molar-refractivity contribution in [1.29, 1.82) is 0 Å². The maximum Gasteiger partial charge on any atom is 0.227 e. The second-order valence-corrected chi connectivity index (χ2v) is 7.43. The summed E-state index contributed by atoms with van der Waals surface area (Å²) in [5, 5.41) is 16.0. The molecule has 28 heavy (non-hydrogen) atoms. The first kappa shape index (κ1) is 20.3. The summed E-state index contributed by atoms with van der Waals surface area (Å²) in [6.07, 6.45) is -0.182. The number of amides is 2. The molecule has 3 atom stereocenters. The monoisotopic (exact) mass is 404 g/mol. The van der Waals surface area contributed by atoms with Crippen molar-refractivity contribution in [2.75, 3.05) is 5.32 Å². The molecule has 0 aromatic heterocycles. The Balaban J connectivity index is 1.55. The van der Waals surface area contributed by atoms with Crippen molar-refractivity contribution in [3.63, 3.8) is 0 Å². The number of carbonyl (C=O) groups excluding carboxylic acids is 2. The standard InChI is InChI=1S/C21H22ClFN2O3/c1-12(20(27)19-15(22)6-4-7-16(19)23)24-18(26)10-9-14-11-13-5-2-3-8-17(13)25-21(14)28/h2-8,12,14,20,27H,9-11H2,1H3,(H,24,26)(H,25,28)/t12-,14-,20-/m0/s1. The van der Waals surface area contributed by atoms with Gasteiger partial charge in [-0.3, -0.25) is 9.59 Å². The number of carbonyl (C=O) groups is 2. The Morgan fingerprint density at radius 2 is 2.07 bits per heavy atom. The van der Waals surface area contributed by atoms with Gasteiger partial charge in [-0.05, 0) is 43.5 Å². The highest BCUT2D eigenvalue weighted by Crippen LogP contribution is 2.29. The summed E-state index contributed by atoms with van der Waals surface area (Å²) < 4.78 is 14.0. The molecule has 0 fully saturated rings. The number of aliphatic hydroxyl groups is 1. The van der Waals surface area contributed by atoms with Crippen LogP contribution in [0.1, 0.15) is 37.0 Å². The van der Waals surface area contributed by atoms with E-state index in [1.807, 2.05) is 24.3 Å². The van der Waals surface area contributed by atoms with E-state index in [1.54, 1.807) is 6.92 Å². The number of para-hydroxylation sites is 1. The van der Waals surface area contributed by atoms with Crippen molar-refractivity contribution >= 4 is 29.1 Å². The molecule has 0 radical (unpaired) electrons. The lowest BCUT2D eigenvalue weighted by Crippen LogP contribution is -2.38. The molecule has 2 aromatic carbocycles. The van der Waals surface area contributed by atoms with E-state index in [0.717, 1.165) is 11.3 Å². The van der Waals surface area contributed by atoms with Crippen LogP contribution in [0.3, 0.4) is 0 Å². The molecule has 0 aliphatic carbocycles. The first-order valence-electron chi connectivity index (χ1n) is 9.17. The highest BCUT2D eigenvalue weighted by Gasteiger charge is 2.27. The van der Waals surface area contributed by atoms with Gasteiger partial charge in [-0.2, -0.15) is 0 Å². The summed E-state index contributed by atoms with van der Waals surface area (Å²) in [4.78, 5) is 24.5. The number of hydrogen-bond acceptors (Lipinski definition) is 3. The summed E-state index contributed by atoms with van der Waals surface area (Å²) >= 11 is 5.97. The Labute approximate surface area is 167 Å². The SMILES string of the molecule is C[C@H](NC(=O)CC[C@H]1Cc2ccccc2NC1=O)[C@H](O)c1c(F)cccc1Cl. The molecule has 148 valence electrons. The number of benzene rings is 2. The fourth-order valence-electron chi connectivity index (χ4n) is 3.40.